The topological polar surface area (TPSA) is 30.7 Å². The van der Waals surface area contributed by atoms with Gasteiger partial charge in [-0.3, -0.25) is 9.97 Å². The number of hydrogen-bond donors (Lipinski definition) is 0. The maximum absolute atomic E-state index is 4.70. The average molecular weight is 452 g/mol. The number of rotatable bonds is 1. The van der Waals surface area contributed by atoms with Crippen LogP contribution in [0.4, 0.5) is 0 Å². The van der Waals surface area contributed by atoms with Gasteiger partial charge in [0.1, 0.15) is 0 Å². The summed E-state index contributed by atoms with van der Waals surface area (Å²) >= 11 is 1.81. The van der Waals surface area contributed by atoms with Gasteiger partial charge >= 0.3 is 0 Å². The molecule has 0 unspecified atom stereocenters. The van der Waals surface area contributed by atoms with Crippen LogP contribution in [0.25, 0.3) is 60.2 Å². The van der Waals surface area contributed by atoms with Gasteiger partial charge in [0.05, 0.1) is 22.9 Å². The molecule has 4 heterocycles. The van der Waals surface area contributed by atoms with E-state index in [1.807, 2.05) is 36.5 Å². The van der Waals surface area contributed by atoms with Gasteiger partial charge in [0.15, 0.2) is 0 Å². The monoisotopic (exact) mass is 451 g/mol. The van der Waals surface area contributed by atoms with Crippen LogP contribution in [0, 0.1) is 0 Å². The van der Waals surface area contributed by atoms with Crippen molar-refractivity contribution in [2.75, 3.05) is 0 Å². The van der Waals surface area contributed by atoms with Crippen molar-refractivity contribution in [2.24, 2.45) is 0 Å². The van der Waals surface area contributed by atoms with Crippen LogP contribution in [0.15, 0.2) is 113 Å². The Morgan fingerprint density at radius 1 is 0.618 bits per heavy atom. The second kappa shape index (κ2) is 6.69. The van der Waals surface area contributed by atoms with E-state index in [0.717, 1.165) is 11.2 Å². The van der Waals surface area contributed by atoms with Gasteiger partial charge < -0.3 is 4.57 Å². The standard InChI is InChI=1S/C30H17N3S/c1-2-8-19-18(6-1)7-5-10-25(19)33-26-16-31-13-12-20(26)23-14-22-21-9-3-4-11-27(21)34-28-17-32-15-24(29(22)28)30(23)33/h1-17H. The summed E-state index contributed by atoms with van der Waals surface area (Å²) < 4.78 is 2.38. The van der Waals surface area contributed by atoms with E-state index in [2.05, 4.69) is 88.4 Å². The SMILES string of the molecule is c1ccc2c(c1)Sc1cncc3c1c-2cc1c2ccncc2n(-c2cccc4ccccc24)c31. The molecule has 0 radical (unpaired) electrons. The molecule has 158 valence electrons. The molecule has 0 bridgehead atoms. The first-order chi connectivity index (χ1) is 16.9. The van der Waals surface area contributed by atoms with Crippen molar-refractivity contribution in [2.45, 2.75) is 9.79 Å². The Labute approximate surface area is 199 Å². The number of benzene rings is 4. The fraction of sp³-hybridized carbons (Fsp3) is 0. The lowest BCUT2D eigenvalue weighted by atomic mass is 9.96. The van der Waals surface area contributed by atoms with Crippen molar-refractivity contribution < 1.29 is 0 Å². The molecular formula is C30H17N3S. The van der Waals surface area contributed by atoms with Crippen molar-refractivity contribution >= 4 is 55.1 Å². The summed E-state index contributed by atoms with van der Waals surface area (Å²) in [5.41, 5.74) is 6.03. The maximum Gasteiger partial charge on any atom is 0.0724 e. The van der Waals surface area contributed by atoms with Crippen LogP contribution >= 0.6 is 11.8 Å². The zero-order valence-corrected chi connectivity index (χ0v) is 18.9. The molecule has 0 amide bonds. The molecule has 34 heavy (non-hydrogen) atoms. The van der Waals surface area contributed by atoms with Gasteiger partial charge in [-0.1, -0.05) is 66.4 Å². The highest BCUT2D eigenvalue weighted by Gasteiger charge is 2.24. The second-order valence-corrected chi connectivity index (χ2v) is 9.79. The van der Waals surface area contributed by atoms with Crippen LogP contribution in [0.5, 0.6) is 0 Å². The first kappa shape index (κ1) is 18.3. The Morgan fingerprint density at radius 2 is 1.50 bits per heavy atom. The molecule has 1 aliphatic heterocycles. The number of fused-ring (bicyclic) bond motifs is 7. The van der Waals surface area contributed by atoms with Crippen molar-refractivity contribution in [3.63, 3.8) is 0 Å². The minimum absolute atomic E-state index is 1.11. The predicted octanol–water partition coefficient (Wildman–Crippen LogP) is 8.01. The minimum Gasteiger partial charge on any atom is -0.306 e. The zero-order chi connectivity index (χ0) is 22.2. The van der Waals surface area contributed by atoms with E-state index in [0.29, 0.717) is 0 Å². The minimum atomic E-state index is 1.11. The van der Waals surface area contributed by atoms with Crippen LogP contribution in [-0.4, -0.2) is 14.5 Å². The zero-order valence-electron chi connectivity index (χ0n) is 18.1. The first-order valence-corrected chi connectivity index (χ1v) is 12.1. The second-order valence-electron chi connectivity index (χ2n) is 8.71. The molecule has 4 heteroatoms. The van der Waals surface area contributed by atoms with Gasteiger partial charge in [-0.25, -0.2) is 0 Å². The van der Waals surface area contributed by atoms with Crippen molar-refractivity contribution in [3.8, 4) is 16.8 Å². The number of pyridine rings is 2. The first-order valence-electron chi connectivity index (χ1n) is 11.3. The Bertz CT molecular complexity index is 1950. The van der Waals surface area contributed by atoms with Gasteiger partial charge in [-0.15, -0.1) is 0 Å². The van der Waals surface area contributed by atoms with E-state index in [9.17, 15) is 0 Å². The summed E-state index contributed by atoms with van der Waals surface area (Å²) in [6, 6.07) is 28.3. The van der Waals surface area contributed by atoms with Gasteiger partial charge in [0.2, 0.25) is 0 Å². The molecule has 3 nitrogen and oxygen atoms in total. The fourth-order valence-corrected chi connectivity index (χ4v) is 6.63. The summed E-state index contributed by atoms with van der Waals surface area (Å²) in [4.78, 5) is 11.7. The molecule has 4 aromatic carbocycles. The van der Waals surface area contributed by atoms with Crippen molar-refractivity contribution in [1.82, 2.24) is 14.5 Å². The lowest BCUT2D eigenvalue weighted by Crippen LogP contribution is -1.98. The third kappa shape index (κ3) is 2.33. The van der Waals surface area contributed by atoms with Crippen LogP contribution in [0.2, 0.25) is 0 Å². The fourth-order valence-electron chi connectivity index (χ4n) is 5.53. The van der Waals surface area contributed by atoms with Crippen LogP contribution in [-0.2, 0) is 0 Å². The molecule has 0 atom stereocenters. The van der Waals surface area contributed by atoms with Crippen molar-refractivity contribution in [1.29, 1.82) is 0 Å². The van der Waals surface area contributed by atoms with E-state index in [-0.39, 0.29) is 0 Å². The highest BCUT2D eigenvalue weighted by atomic mass is 32.2. The van der Waals surface area contributed by atoms with Gasteiger partial charge in [0.25, 0.3) is 0 Å². The van der Waals surface area contributed by atoms with Crippen LogP contribution < -0.4 is 0 Å². The summed E-state index contributed by atoms with van der Waals surface area (Å²) in [7, 11) is 0. The summed E-state index contributed by atoms with van der Waals surface area (Å²) in [5, 5.41) is 7.34. The van der Waals surface area contributed by atoms with Gasteiger partial charge in [-0.05, 0) is 40.8 Å². The van der Waals surface area contributed by atoms with E-state index in [1.54, 1.807) is 0 Å². The predicted molar refractivity (Wildman–Crippen MR) is 141 cm³/mol. The molecule has 0 aliphatic carbocycles. The number of aromatic nitrogens is 3. The molecular weight excluding hydrogens is 434 g/mol. The van der Waals surface area contributed by atoms with Gasteiger partial charge in [0, 0.05) is 55.3 Å². The van der Waals surface area contributed by atoms with E-state index in [4.69, 9.17) is 4.98 Å². The average Bonchev–Trinajstić information content (AvgIpc) is 3.23. The quantitative estimate of drug-likeness (QED) is 0.253. The largest absolute Gasteiger partial charge is 0.306 e. The third-order valence-corrected chi connectivity index (χ3v) is 8.04. The Hall–Kier alpha value is -4.15. The molecule has 0 fully saturated rings. The molecule has 1 aliphatic rings. The highest BCUT2D eigenvalue weighted by Crippen LogP contribution is 2.50. The number of hydrogen-bond acceptors (Lipinski definition) is 3. The van der Waals surface area contributed by atoms with E-state index >= 15 is 0 Å². The highest BCUT2D eigenvalue weighted by molar-refractivity contribution is 7.99. The summed E-state index contributed by atoms with van der Waals surface area (Å²) in [6.45, 7) is 0. The van der Waals surface area contributed by atoms with Crippen LogP contribution in [0.1, 0.15) is 0 Å². The Kier molecular flexibility index (Phi) is 3.60. The summed E-state index contributed by atoms with van der Waals surface area (Å²) in [6.07, 6.45) is 7.92. The third-order valence-electron chi connectivity index (χ3n) is 6.94. The maximum atomic E-state index is 4.70. The smallest absolute Gasteiger partial charge is 0.0724 e. The van der Waals surface area contributed by atoms with E-state index < -0.39 is 0 Å². The molecule has 0 spiro atoms. The lowest BCUT2D eigenvalue weighted by Gasteiger charge is -2.21. The molecule has 0 saturated carbocycles. The Balaban J connectivity index is 1.64. The van der Waals surface area contributed by atoms with Crippen LogP contribution in [0.3, 0.4) is 0 Å². The van der Waals surface area contributed by atoms with Gasteiger partial charge in [-0.2, -0.15) is 0 Å². The number of nitrogens with zero attached hydrogens (tertiary/aromatic N) is 3. The Morgan fingerprint density at radius 3 is 2.50 bits per heavy atom. The normalized spacial score (nSPS) is 12.6. The molecule has 7 aromatic rings. The molecule has 3 aromatic heterocycles. The molecule has 0 N–H and O–H groups in total. The van der Waals surface area contributed by atoms with E-state index in [1.165, 1.54) is 58.8 Å². The lowest BCUT2D eigenvalue weighted by molar-refractivity contribution is 1.18. The molecule has 0 saturated heterocycles. The summed E-state index contributed by atoms with van der Waals surface area (Å²) in [5.74, 6) is 0. The molecule has 8 rings (SSSR count). The van der Waals surface area contributed by atoms with Crippen molar-refractivity contribution in [3.05, 3.63) is 104 Å².